The van der Waals surface area contributed by atoms with Crippen LogP contribution in [0.4, 0.5) is 0 Å². The van der Waals surface area contributed by atoms with Gasteiger partial charge in [-0.25, -0.2) is 0 Å². The van der Waals surface area contributed by atoms with Crippen molar-refractivity contribution in [1.29, 1.82) is 0 Å². The van der Waals surface area contributed by atoms with Crippen LogP contribution in [0.1, 0.15) is 54.9 Å². The maximum Gasteiger partial charge on any atom is 0.257 e. The average Bonchev–Trinajstić information content (AvgIpc) is 3.06. The fraction of sp³-hybridized carbons (Fsp3) is 0.696. The number of phenolic OH excluding ortho intramolecular Hbond substituents is 1. The number of rotatable bonds is 3. The molecule has 1 N–H and O–H groups in total. The monoisotopic (exact) mass is 386 g/mol. The van der Waals surface area contributed by atoms with Crippen molar-refractivity contribution < 1.29 is 14.6 Å². The molecular formula is C23H34N2O3. The van der Waals surface area contributed by atoms with Gasteiger partial charge in [0.25, 0.3) is 5.91 Å². The van der Waals surface area contributed by atoms with Gasteiger partial charge in [-0.2, -0.15) is 0 Å². The van der Waals surface area contributed by atoms with Gasteiger partial charge in [-0.1, -0.05) is 18.6 Å². The molecule has 0 aliphatic carbocycles. The Bertz CT molecular complexity index is 712. The minimum atomic E-state index is -0.0474. The molecule has 3 fully saturated rings. The van der Waals surface area contributed by atoms with Crippen molar-refractivity contribution in [2.45, 2.75) is 52.1 Å². The number of nitrogens with zero attached hydrogens (tertiary/aromatic N) is 2. The van der Waals surface area contributed by atoms with Gasteiger partial charge >= 0.3 is 0 Å². The first kappa shape index (κ1) is 19.7. The molecule has 3 saturated heterocycles. The predicted molar refractivity (Wildman–Crippen MR) is 110 cm³/mol. The second-order valence-corrected chi connectivity index (χ2v) is 9.46. The van der Waals surface area contributed by atoms with Gasteiger partial charge < -0.3 is 19.6 Å². The van der Waals surface area contributed by atoms with E-state index in [2.05, 4.69) is 11.8 Å². The first-order valence-corrected chi connectivity index (χ1v) is 10.9. The largest absolute Gasteiger partial charge is 0.507 e. The molecule has 2 atom stereocenters. The molecule has 28 heavy (non-hydrogen) atoms. The van der Waals surface area contributed by atoms with E-state index >= 15 is 0 Å². The van der Waals surface area contributed by atoms with Crippen LogP contribution < -0.4 is 0 Å². The Hall–Kier alpha value is -1.59. The van der Waals surface area contributed by atoms with Crippen LogP contribution in [-0.4, -0.2) is 66.2 Å². The summed E-state index contributed by atoms with van der Waals surface area (Å²) in [6.45, 7) is 10.1. The third-order valence-corrected chi connectivity index (χ3v) is 6.98. The summed E-state index contributed by atoms with van der Waals surface area (Å²) in [4.78, 5) is 17.3. The Morgan fingerprint density at radius 1 is 1.29 bits per heavy atom. The third-order valence-electron chi connectivity index (χ3n) is 6.98. The number of likely N-dealkylation sites (tertiary alicyclic amines) is 2. The number of aromatic hydroxyl groups is 1. The van der Waals surface area contributed by atoms with E-state index in [4.69, 9.17) is 4.74 Å². The van der Waals surface area contributed by atoms with E-state index in [9.17, 15) is 9.90 Å². The Kier molecular flexibility index (Phi) is 5.66. The van der Waals surface area contributed by atoms with E-state index in [0.29, 0.717) is 11.7 Å². The molecule has 0 radical (unpaired) electrons. The van der Waals surface area contributed by atoms with Gasteiger partial charge in [0.1, 0.15) is 5.75 Å². The molecule has 5 nitrogen and oxygen atoms in total. The van der Waals surface area contributed by atoms with E-state index in [0.717, 1.165) is 57.0 Å². The molecule has 0 bridgehead atoms. The zero-order valence-electron chi connectivity index (χ0n) is 17.3. The summed E-state index contributed by atoms with van der Waals surface area (Å²) in [5, 5.41) is 10.1. The second kappa shape index (κ2) is 8.03. The number of amides is 1. The number of carbonyl (C=O) groups excluding carboxylic acids is 1. The van der Waals surface area contributed by atoms with Crippen LogP contribution in [0.3, 0.4) is 0 Å². The summed E-state index contributed by atoms with van der Waals surface area (Å²) in [5.74, 6) is 0.834. The molecule has 1 aromatic rings. The minimum absolute atomic E-state index is 0.0474. The highest BCUT2D eigenvalue weighted by atomic mass is 16.5. The number of ether oxygens (including phenoxy) is 1. The SMILES string of the molecule is Cc1ccc(O)c(C(=O)N2CCC3(CC2)CO[C@@H](CN2CCC[C@@H](C)C2)C3)c1. The van der Waals surface area contributed by atoms with Crippen LogP contribution in [-0.2, 0) is 4.74 Å². The van der Waals surface area contributed by atoms with Crippen LogP contribution in [0.25, 0.3) is 0 Å². The highest BCUT2D eigenvalue weighted by molar-refractivity contribution is 5.97. The van der Waals surface area contributed by atoms with Gasteiger partial charge in [0, 0.05) is 26.2 Å². The van der Waals surface area contributed by atoms with E-state index in [1.54, 1.807) is 12.1 Å². The molecule has 0 saturated carbocycles. The van der Waals surface area contributed by atoms with Gasteiger partial charge in [0.15, 0.2) is 0 Å². The van der Waals surface area contributed by atoms with Crippen molar-refractivity contribution in [1.82, 2.24) is 9.80 Å². The topological polar surface area (TPSA) is 53.0 Å². The second-order valence-electron chi connectivity index (χ2n) is 9.46. The molecule has 1 aromatic carbocycles. The number of aryl methyl sites for hydroxylation is 1. The lowest BCUT2D eigenvalue weighted by molar-refractivity contribution is 0.0401. The number of hydrogen-bond donors (Lipinski definition) is 1. The first-order valence-electron chi connectivity index (χ1n) is 10.9. The highest BCUT2D eigenvalue weighted by Gasteiger charge is 2.43. The van der Waals surface area contributed by atoms with Crippen LogP contribution in [0, 0.1) is 18.3 Å². The van der Waals surface area contributed by atoms with Crippen molar-refractivity contribution in [3.05, 3.63) is 29.3 Å². The number of piperidine rings is 2. The number of benzene rings is 1. The Balaban J connectivity index is 1.31. The fourth-order valence-electron chi connectivity index (χ4n) is 5.28. The molecule has 3 heterocycles. The Morgan fingerprint density at radius 3 is 2.82 bits per heavy atom. The number of carbonyl (C=O) groups is 1. The van der Waals surface area contributed by atoms with Gasteiger partial charge in [-0.3, -0.25) is 4.79 Å². The lowest BCUT2D eigenvalue weighted by Gasteiger charge is -2.39. The van der Waals surface area contributed by atoms with E-state index < -0.39 is 0 Å². The first-order chi connectivity index (χ1) is 13.4. The van der Waals surface area contributed by atoms with Crippen molar-refractivity contribution in [3.63, 3.8) is 0 Å². The zero-order chi connectivity index (χ0) is 19.7. The smallest absolute Gasteiger partial charge is 0.257 e. The summed E-state index contributed by atoms with van der Waals surface area (Å²) in [7, 11) is 0. The molecule has 0 unspecified atom stereocenters. The molecular weight excluding hydrogens is 352 g/mol. The molecule has 1 spiro atoms. The molecule has 154 valence electrons. The van der Waals surface area contributed by atoms with Crippen LogP contribution in [0.2, 0.25) is 0 Å². The van der Waals surface area contributed by atoms with Crippen LogP contribution >= 0.6 is 0 Å². The lowest BCUT2D eigenvalue weighted by atomic mass is 9.76. The van der Waals surface area contributed by atoms with Gasteiger partial charge in [0.2, 0.25) is 0 Å². The third kappa shape index (κ3) is 4.20. The summed E-state index contributed by atoms with van der Waals surface area (Å²) >= 11 is 0. The van der Waals surface area contributed by atoms with Crippen LogP contribution in [0.5, 0.6) is 5.75 Å². The van der Waals surface area contributed by atoms with Crippen LogP contribution in [0.15, 0.2) is 18.2 Å². The minimum Gasteiger partial charge on any atom is -0.507 e. The normalized spacial score (nSPS) is 28.0. The van der Waals surface area contributed by atoms with E-state index in [1.807, 2.05) is 17.9 Å². The fourth-order valence-corrected chi connectivity index (χ4v) is 5.28. The molecule has 4 rings (SSSR count). The summed E-state index contributed by atoms with van der Waals surface area (Å²) in [5.41, 5.74) is 1.65. The molecule has 5 heteroatoms. The Morgan fingerprint density at radius 2 is 2.07 bits per heavy atom. The average molecular weight is 387 g/mol. The molecule has 3 aliphatic heterocycles. The summed E-state index contributed by atoms with van der Waals surface area (Å²) < 4.78 is 6.21. The number of phenols is 1. The van der Waals surface area contributed by atoms with Gasteiger partial charge in [0.05, 0.1) is 18.3 Å². The van der Waals surface area contributed by atoms with Gasteiger partial charge in [-0.15, -0.1) is 0 Å². The maximum atomic E-state index is 12.9. The Labute approximate surface area is 168 Å². The van der Waals surface area contributed by atoms with Gasteiger partial charge in [-0.05, 0) is 69.0 Å². The van der Waals surface area contributed by atoms with E-state index in [1.165, 1.54) is 25.9 Å². The zero-order valence-corrected chi connectivity index (χ0v) is 17.3. The summed E-state index contributed by atoms with van der Waals surface area (Å²) in [6.07, 6.45) is 6.12. The lowest BCUT2D eigenvalue weighted by Crippen LogP contribution is -2.44. The highest BCUT2D eigenvalue weighted by Crippen LogP contribution is 2.42. The standard InChI is InChI=1S/C23H34N2O3/c1-17-5-6-21(26)20(12-17)22(27)25-10-7-23(8-11-25)13-19(28-16-23)15-24-9-3-4-18(2)14-24/h5-6,12,18-19,26H,3-4,7-11,13-16H2,1-2H3/t18-,19-/m1/s1. The predicted octanol–water partition coefficient (Wildman–Crippen LogP) is 3.44. The molecule has 3 aliphatic rings. The van der Waals surface area contributed by atoms with E-state index in [-0.39, 0.29) is 17.1 Å². The van der Waals surface area contributed by atoms with Crippen molar-refractivity contribution in [2.75, 3.05) is 39.3 Å². The summed E-state index contributed by atoms with van der Waals surface area (Å²) in [6, 6.07) is 5.23. The molecule has 0 aromatic heterocycles. The number of hydrogen-bond acceptors (Lipinski definition) is 4. The maximum absolute atomic E-state index is 12.9. The van der Waals surface area contributed by atoms with Crippen molar-refractivity contribution in [2.24, 2.45) is 11.3 Å². The quantitative estimate of drug-likeness (QED) is 0.865. The molecule has 1 amide bonds. The van der Waals surface area contributed by atoms with Crippen molar-refractivity contribution >= 4 is 5.91 Å². The van der Waals surface area contributed by atoms with Crippen molar-refractivity contribution in [3.8, 4) is 5.75 Å².